The third-order valence-corrected chi connectivity index (χ3v) is 12.7. The van der Waals surface area contributed by atoms with Gasteiger partial charge >= 0.3 is 0 Å². The Balaban J connectivity index is 0. The molecule has 0 aromatic heterocycles. The second-order valence-corrected chi connectivity index (χ2v) is 18.0. The fourth-order valence-electron chi connectivity index (χ4n) is 7.16. The first-order valence-electron chi connectivity index (χ1n) is 24.6. The summed E-state index contributed by atoms with van der Waals surface area (Å²) in [5, 5.41) is 0. The smallest absolute Gasteiger partial charge is 0.282 e. The van der Waals surface area contributed by atoms with E-state index in [2.05, 4.69) is 35.4 Å². The maximum absolute atomic E-state index is 5.83. The van der Waals surface area contributed by atoms with Gasteiger partial charge in [-0.15, -0.1) is 0 Å². The van der Waals surface area contributed by atoms with Crippen LogP contribution in [-0.4, -0.2) is 63.1 Å². The summed E-state index contributed by atoms with van der Waals surface area (Å²) >= 11 is 0. The molecule has 0 atom stereocenters. The molecule has 0 N–H and O–H groups in total. The van der Waals surface area contributed by atoms with Crippen molar-refractivity contribution in [1.29, 1.82) is 0 Å². The first kappa shape index (κ1) is 58.6. The summed E-state index contributed by atoms with van der Waals surface area (Å²) in [6.45, 7) is 20.2. The lowest BCUT2D eigenvalue weighted by Gasteiger charge is -2.32. The minimum Gasteiger partial charge on any atom is -0.328 e. The van der Waals surface area contributed by atoms with Crippen LogP contribution in [0.25, 0.3) is 0 Å². The van der Waals surface area contributed by atoms with Gasteiger partial charge in [0.15, 0.2) is 0 Å². The first-order valence-corrected chi connectivity index (χ1v) is 27.1. The molecule has 0 saturated heterocycles. The van der Waals surface area contributed by atoms with Crippen molar-refractivity contribution in [3.05, 3.63) is 0 Å². The molecule has 340 valence electrons. The van der Waals surface area contributed by atoms with Crippen LogP contribution in [0.4, 0.5) is 0 Å². The number of ether oxygens (including phenoxy) is 6. The van der Waals surface area contributed by atoms with Gasteiger partial charge in [0.2, 0.25) is 0 Å². The summed E-state index contributed by atoms with van der Waals surface area (Å²) < 4.78 is 35.0. The second-order valence-electron chi connectivity index (χ2n) is 15.3. The highest BCUT2D eigenvalue weighted by Gasteiger charge is 2.32. The van der Waals surface area contributed by atoms with Crippen LogP contribution in [-0.2, 0) is 28.4 Å². The van der Waals surface area contributed by atoms with Gasteiger partial charge in [0.1, 0.15) is 0 Å². The molecular weight excluding hydrogens is 737 g/mol. The number of hydrogen-bond acceptors (Lipinski definition) is 8. The third-order valence-electron chi connectivity index (χ3n) is 10.1. The first-order chi connectivity index (χ1) is 27.5. The van der Waals surface area contributed by atoms with E-state index < -0.39 is 11.9 Å². The van der Waals surface area contributed by atoms with Crippen molar-refractivity contribution >= 4 is 21.6 Å². The van der Waals surface area contributed by atoms with Crippen molar-refractivity contribution in [2.24, 2.45) is 0 Å². The molecule has 0 rings (SSSR count). The summed E-state index contributed by atoms with van der Waals surface area (Å²) in [4.78, 5) is 0. The van der Waals surface area contributed by atoms with Gasteiger partial charge in [-0.3, -0.25) is 0 Å². The van der Waals surface area contributed by atoms with Crippen LogP contribution in [0.5, 0.6) is 0 Å². The van der Waals surface area contributed by atoms with Crippen LogP contribution in [0.2, 0.25) is 0 Å². The molecule has 0 unspecified atom stereocenters. The standard InChI is InChI=1S/C38H78O6S2.C10H22/c1-7-39-37(40-8-2,41-9-3)33-29-25-21-17-13-15-19-23-27-31-35-45-46-36-32-28-24-20-16-14-18-22-26-30-34-38(42-10-4,43-11-5)44-12-6;1-3-5-7-9-10-8-6-4-2/h7-36H2,1-6H3;3-10H2,1-2H3. The zero-order valence-electron chi connectivity index (χ0n) is 39.1. The lowest BCUT2D eigenvalue weighted by Crippen LogP contribution is -2.39. The normalized spacial score (nSPS) is 12.0. The van der Waals surface area contributed by atoms with E-state index in [1.165, 1.54) is 178 Å². The molecule has 0 radical (unpaired) electrons. The topological polar surface area (TPSA) is 55.4 Å². The number of hydrogen-bond donors (Lipinski definition) is 0. The van der Waals surface area contributed by atoms with E-state index in [-0.39, 0.29) is 0 Å². The Hall–Kier alpha value is 0.460. The van der Waals surface area contributed by atoms with Gasteiger partial charge in [-0.1, -0.05) is 190 Å². The fourth-order valence-corrected chi connectivity index (χ4v) is 9.45. The average molecular weight is 837 g/mol. The molecule has 0 aliphatic carbocycles. The van der Waals surface area contributed by atoms with Crippen molar-refractivity contribution < 1.29 is 28.4 Å². The summed E-state index contributed by atoms with van der Waals surface area (Å²) in [7, 11) is 4.20. The van der Waals surface area contributed by atoms with E-state index in [1.54, 1.807) is 0 Å². The predicted octanol–water partition coefficient (Wildman–Crippen LogP) is 16.6. The number of unbranched alkanes of at least 4 members (excludes halogenated alkanes) is 25. The molecule has 0 amide bonds. The Bertz CT molecular complexity index is 623. The molecule has 0 saturated carbocycles. The van der Waals surface area contributed by atoms with Gasteiger partial charge in [-0.05, 0) is 67.2 Å². The van der Waals surface area contributed by atoms with Crippen LogP contribution in [0.1, 0.15) is 248 Å². The van der Waals surface area contributed by atoms with E-state index in [9.17, 15) is 0 Å². The minimum absolute atomic E-state index is 0.615. The molecule has 0 aromatic rings. The summed E-state index contributed by atoms with van der Waals surface area (Å²) in [6.07, 6.45) is 39.8. The van der Waals surface area contributed by atoms with Crippen LogP contribution < -0.4 is 0 Å². The Kier molecular flexibility index (Phi) is 50.3. The van der Waals surface area contributed by atoms with Gasteiger partial charge in [0.05, 0.1) is 0 Å². The van der Waals surface area contributed by atoms with Gasteiger partial charge < -0.3 is 28.4 Å². The summed E-state index contributed by atoms with van der Waals surface area (Å²) in [5.74, 6) is 0.985. The van der Waals surface area contributed by atoms with E-state index in [4.69, 9.17) is 28.4 Å². The molecule has 0 bridgehead atoms. The molecule has 0 aliphatic heterocycles. The maximum atomic E-state index is 5.83. The van der Waals surface area contributed by atoms with E-state index >= 15 is 0 Å². The molecule has 56 heavy (non-hydrogen) atoms. The maximum Gasteiger partial charge on any atom is 0.282 e. The van der Waals surface area contributed by atoms with Crippen LogP contribution in [0.15, 0.2) is 0 Å². The number of rotatable bonds is 46. The highest BCUT2D eigenvalue weighted by atomic mass is 33.1. The largest absolute Gasteiger partial charge is 0.328 e. The monoisotopic (exact) mass is 837 g/mol. The summed E-state index contributed by atoms with van der Waals surface area (Å²) in [5.41, 5.74) is 0. The van der Waals surface area contributed by atoms with Crippen molar-refractivity contribution in [3.8, 4) is 0 Å². The fraction of sp³-hybridized carbons (Fsp3) is 1.00. The Labute approximate surface area is 359 Å². The Morgan fingerprint density at radius 3 is 0.661 bits per heavy atom. The lowest BCUT2D eigenvalue weighted by atomic mass is 10.1. The third kappa shape index (κ3) is 39.9. The van der Waals surface area contributed by atoms with Gasteiger partial charge in [-0.25, -0.2) is 0 Å². The van der Waals surface area contributed by atoms with Crippen molar-refractivity contribution in [1.82, 2.24) is 0 Å². The zero-order chi connectivity index (χ0) is 41.5. The van der Waals surface area contributed by atoms with Crippen molar-refractivity contribution in [2.45, 2.75) is 260 Å². The Morgan fingerprint density at radius 1 is 0.250 bits per heavy atom. The molecule has 0 aliphatic rings. The minimum atomic E-state index is -0.828. The van der Waals surface area contributed by atoms with Crippen LogP contribution in [0, 0.1) is 0 Å². The van der Waals surface area contributed by atoms with E-state index in [0.717, 1.165) is 25.7 Å². The Morgan fingerprint density at radius 2 is 0.446 bits per heavy atom. The zero-order valence-corrected chi connectivity index (χ0v) is 40.8. The molecule has 0 aromatic carbocycles. The molecular formula is C48H100O6S2. The highest BCUT2D eigenvalue weighted by Crippen LogP contribution is 2.27. The average Bonchev–Trinajstić information content (AvgIpc) is 3.18. The molecule has 6 nitrogen and oxygen atoms in total. The van der Waals surface area contributed by atoms with Gasteiger partial charge in [0.25, 0.3) is 11.9 Å². The van der Waals surface area contributed by atoms with Crippen molar-refractivity contribution in [3.63, 3.8) is 0 Å². The molecule has 0 fully saturated rings. The lowest BCUT2D eigenvalue weighted by molar-refractivity contribution is -0.380. The predicted molar refractivity (Wildman–Crippen MR) is 250 cm³/mol. The quantitative estimate of drug-likeness (QED) is 0.0341. The highest BCUT2D eigenvalue weighted by molar-refractivity contribution is 8.76. The van der Waals surface area contributed by atoms with Crippen molar-refractivity contribution in [2.75, 3.05) is 51.1 Å². The molecule has 8 heteroatoms. The van der Waals surface area contributed by atoms with E-state index in [1.807, 2.05) is 41.5 Å². The molecule has 0 heterocycles. The van der Waals surface area contributed by atoms with E-state index in [0.29, 0.717) is 39.6 Å². The van der Waals surface area contributed by atoms with Crippen LogP contribution >= 0.6 is 21.6 Å². The molecule has 0 spiro atoms. The van der Waals surface area contributed by atoms with Gasteiger partial charge in [-0.2, -0.15) is 0 Å². The SMILES string of the molecule is CCCCCCCCCC.CCOC(CCCCCCCCCCCCSSCCCCCCCCCCCCC(OCC)(OCC)OCC)(OCC)OCC. The van der Waals surface area contributed by atoms with Gasteiger partial charge in [0, 0.05) is 64.0 Å². The second kappa shape index (κ2) is 48.1. The summed E-state index contributed by atoms with van der Waals surface area (Å²) in [6, 6.07) is 0. The van der Waals surface area contributed by atoms with Crippen LogP contribution in [0.3, 0.4) is 0 Å².